The van der Waals surface area contributed by atoms with Gasteiger partial charge in [-0.2, -0.15) is 0 Å². The maximum atomic E-state index is 13.3. The molecule has 0 atom stereocenters. The Morgan fingerprint density at radius 2 is 2.12 bits per heavy atom. The third-order valence-electron chi connectivity index (χ3n) is 2.40. The highest BCUT2D eigenvalue weighted by atomic mass is 19.1. The summed E-state index contributed by atoms with van der Waals surface area (Å²) < 4.78 is 18.8. The Morgan fingerprint density at radius 3 is 2.69 bits per heavy atom. The molecule has 0 saturated carbocycles. The van der Waals surface area contributed by atoms with E-state index in [1.165, 1.54) is 13.0 Å². The van der Waals surface area contributed by atoms with Gasteiger partial charge in [0.15, 0.2) is 5.78 Å². The molecule has 1 rings (SSSR count). The Bertz CT molecular complexity index is 386. The van der Waals surface area contributed by atoms with E-state index in [4.69, 9.17) is 4.74 Å². The summed E-state index contributed by atoms with van der Waals surface area (Å²) in [5.41, 5.74) is 0.815. The van der Waals surface area contributed by atoms with Crippen LogP contribution in [0.5, 0.6) is 5.75 Å². The van der Waals surface area contributed by atoms with Gasteiger partial charge in [-0.25, -0.2) is 4.39 Å². The lowest BCUT2D eigenvalue weighted by Crippen LogP contribution is -2.04. The minimum absolute atomic E-state index is 0.176. The number of benzene rings is 1. The van der Waals surface area contributed by atoms with Crippen LogP contribution in [-0.2, 0) is 0 Å². The molecule has 2 nitrogen and oxygen atoms in total. The zero-order valence-electron chi connectivity index (χ0n) is 9.97. The predicted molar refractivity (Wildman–Crippen MR) is 61.5 cm³/mol. The Kier molecular flexibility index (Phi) is 4.47. The van der Waals surface area contributed by atoms with Crippen LogP contribution < -0.4 is 4.74 Å². The number of unbranched alkanes of at least 4 members (excludes halogenated alkanes) is 1. The van der Waals surface area contributed by atoms with E-state index in [1.807, 2.05) is 0 Å². The first-order chi connectivity index (χ1) is 7.56. The van der Waals surface area contributed by atoms with Crippen LogP contribution in [0.15, 0.2) is 12.1 Å². The largest absolute Gasteiger partial charge is 0.493 e. The Morgan fingerprint density at radius 1 is 1.44 bits per heavy atom. The van der Waals surface area contributed by atoms with Crippen molar-refractivity contribution < 1.29 is 13.9 Å². The van der Waals surface area contributed by atoms with Gasteiger partial charge in [0.1, 0.15) is 11.6 Å². The number of carbonyl (C=O) groups excluding carboxylic acids is 1. The van der Waals surface area contributed by atoms with Gasteiger partial charge in [-0.3, -0.25) is 4.79 Å². The van der Waals surface area contributed by atoms with Crippen LogP contribution in [0, 0.1) is 12.7 Å². The number of rotatable bonds is 5. The fourth-order valence-corrected chi connectivity index (χ4v) is 1.38. The van der Waals surface area contributed by atoms with Crippen molar-refractivity contribution in [1.82, 2.24) is 0 Å². The predicted octanol–water partition coefficient (Wildman–Crippen LogP) is 3.52. The minimum atomic E-state index is -0.368. The standard InChI is InChI=1S/C13H17FO2/c1-4-5-6-16-13-7-9(2)12(14)8-11(13)10(3)15/h7-8H,4-6H2,1-3H3. The molecule has 1 aromatic carbocycles. The Balaban J connectivity index is 2.95. The third kappa shape index (κ3) is 3.05. The van der Waals surface area contributed by atoms with E-state index in [0.29, 0.717) is 23.5 Å². The molecule has 0 bridgehead atoms. The molecule has 0 N–H and O–H groups in total. The second-order valence-corrected chi connectivity index (χ2v) is 3.86. The average Bonchev–Trinajstić information content (AvgIpc) is 2.23. The van der Waals surface area contributed by atoms with Gasteiger partial charge in [-0.15, -0.1) is 0 Å². The van der Waals surface area contributed by atoms with E-state index in [1.54, 1.807) is 13.0 Å². The Labute approximate surface area is 95.4 Å². The highest BCUT2D eigenvalue weighted by Gasteiger charge is 2.12. The van der Waals surface area contributed by atoms with E-state index >= 15 is 0 Å². The van der Waals surface area contributed by atoms with Crippen LogP contribution >= 0.6 is 0 Å². The summed E-state index contributed by atoms with van der Waals surface area (Å²) in [6.07, 6.45) is 1.95. The van der Waals surface area contributed by atoms with Crippen LogP contribution in [0.3, 0.4) is 0 Å². The number of aryl methyl sites for hydroxylation is 1. The van der Waals surface area contributed by atoms with Gasteiger partial charge in [0.2, 0.25) is 0 Å². The molecule has 0 aliphatic heterocycles. The normalized spacial score (nSPS) is 10.2. The van der Waals surface area contributed by atoms with E-state index in [2.05, 4.69) is 6.92 Å². The molecule has 0 amide bonds. The van der Waals surface area contributed by atoms with E-state index in [-0.39, 0.29) is 11.6 Å². The van der Waals surface area contributed by atoms with Crippen LogP contribution in [0.1, 0.15) is 42.6 Å². The van der Waals surface area contributed by atoms with Crippen molar-refractivity contribution in [2.75, 3.05) is 6.61 Å². The number of halogens is 1. The Hall–Kier alpha value is -1.38. The lowest BCUT2D eigenvalue weighted by Gasteiger charge is -2.10. The van der Waals surface area contributed by atoms with Crippen molar-refractivity contribution in [3.05, 3.63) is 29.1 Å². The highest BCUT2D eigenvalue weighted by Crippen LogP contribution is 2.23. The van der Waals surface area contributed by atoms with Gasteiger partial charge in [0, 0.05) is 0 Å². The summed E-state index contributed by atoms with van der Waals surface area (Å²) >= 11 is 0. The number of ketones is 1. The molecular weight excluding hydrogens is 207 g/mol. The van der Waals surface area contributed by atoms with Crippen molar-refractivity contribution in [3.8, 4) is 5.75 Å². The highest BCUT2D eigenvalue weighted by molar-refractivity contribution is 5.96. The maximum absolute atomic E-state index is 13.3. The first-order valence-corrected chi connectivity index (χ1v) is 5.50. The summed E-state index contributed by atoms with van der Waals surface area (Å²) in [5.74, 6) is -0.0571. The molecule has 1 aromatic rings. The molecule has 0 aliphatic carbocycles. The summed E-state index contributed by atoms with van der Waals surface area (Å²) in [7, 11) is 0. The molecule has 88 valence electrons. The molecule has 0 saturated heterocycles. The number of carbonyl (C=O) groups is 1. The van der Waals surface area contributed by atoms with Crippen LogP contribution in [-0.4, -0.2) is 12.4 Å². The molecule has 0 spiro atoms. The fourth-order valence-electron chi connectivity index (χ4n) is 1.38. The lowest BCUT2D eigenvalue weighted by atomic mass is 10.1. The van der Waals surface area contributed by atoms with Gasteiger partial charge in [-0.1, -0.05) is 13.3 Å². The quantitative estimate of drug-likeness (QED) is 0.565. The second-order valence-electron chi connectivity index (χ2n) is 3.86. The summed E-state index contributed by atoms with van der Waals surface area (Å²) in [6, 6.07) is 2.83. The molecule has 0 unspecified atom stereocenters. The molecule has 0 radical (unpaired) electrons. The van der Waals surface area contributed by atoms with Crippen molar-refractivity contribution in [2.24, 2.45) is 0 Å². The van der Waals surface area contributed by atoms with E-state index in [9.17, 15) is 9.18 Å². The minimum Gasteiger partial charge on any atom is -0.493 e. The zero-order chi connectivity index (χ0) is 12.1. The van der Waals surface area contributed by atoms with Crippen molar-refractivity contribution in [2.45, 2.75) is 33.6 Å². The topological polar surface area (TPSA) is 26.3 Å². The van der Waals surface area contributed by atoms with Crippen molar-refractivity contribution in [3.63, 3.8) is 0 Å². The molecule has 0 heterocycles. The fraction of sp³-hybridized carbons (Fsp3) is 0.462. The summed E-state index contributed by atoms with van der Waals surface area (Å²) in [6.45, 7) is 5.69. The van der Waals surface area contributed by atoms with Crippen LogP contribution in [0.4, 0.5) is 4.39 Å². The average molecular weight is 224 g/mol. The monoisotopic (exact) mass is 224 g/mol. The van der Waals surface area contributed by atoms with Crippen molar-refractivity contribution >= 4 is 5.78 Å². The van der Waals surface area contributed by atoms with Gasteiger partial charge in [0.05, 0.1) is 12.2 Å². The lowest BCUT2D eigenvalue weighted by molar-refractivity contribution is 0.101. The first kappa shape index (κ1) is 12.7. The van der Waals surface area contributed by atoms with Crippen LogP contribution in [0.25, 0.3) is 0 Å². The smallest absolute Gasteiger partial charge is 0.163 e. The molecule has 3 heteroatoms. The van der Waals surface area contributed by atoms with Crippen LogP contribution in [0.2, 0.25) is 0 Å². The number of hydrogen-bond donors (Lipinski definition) is 0. The maximum Gasteiger partial charge on any atom is 0.163 e. The van der Waals surface area contributed by atoms with E-state index in [0.717, 1.165) is 12.8 Å². The van der Waals surface area contributed by atoms with Gasteiger partial charge >= 0.3 is 0 Å². The van der Waals surface area contributed by atoms with Gasteiger partial charge < -0.3 is 4.74 Å². The number of ether oxygens (including phenoxy) is 1. The summed E-state index contributed by atoms with van der Waals surface area (Å²) in [5, 5.41) is 0. The molecule has 0 aliphatic rings. The molecule has 16 heavy (non-hydrogen) atoms. The SMILES string of the molecule is CCCCOc1cc(C)c(F)cc1C(C)=O. The zero-order valence-corrected chi connectivity index (χ0v) is 9.97. The van der Waals surface area contributed by atoms with Gasteiger partial charge in [0.25, 0.3) is 0 Å². The first-order valence-electron chi connectivity index (χ1n) is 5.50. The molecular formula is C13H17FO2. The summed E-state index contributed by atoms with van der Waals surface area (Å²) in [4.78, 5) is 11.3. The second kappa shape index (κ2) is 5.64. The third-order valence-corrected chi connectivity index (χ3v) is 2.40. The molecule has 0 aromatic heterocycles. The van der Waals surface area contributed by atoms with Crippen molar-refractivity contribution in [1.29, 1.82) is 0 Å². The number of Topliss-reactive ketones (excluding diaryl/α,β-unsaturated/α-hetero) is 1. The van der Waals surface area contributed by atoms with E-state index < -0.39 is 0 Å². The molecule has 0 fully saturated rings. The van der Waals surface area contributed by atoms with Gasteiger partial charge in [-0.05, 0) is 38.0 Å². The number of hydrogen-bond acceptors (Lipinski definition) is 2.